The number of aliphatic hydroxyl groups excluding tert-OH is 1. The minimum absolute atomic E-state index is 0.0350. The predicted molar refractivity (Wildman–Crippen MR) is 48.6 cm³/mol. The van der Waals surface area contributed by atoms with Gasteiger partial charge in [-0.1, -0.05) is 0 Å². The lowest BCUT2D eigenvalue weighted by atomic mass is 10.1. The molecule has 2 radical (unpaired) electrons. The van der Waals surface area contributed by atoms with Crippen LogP contribution in [0.25, 0.3) is 0 Å². The third-order valence-corrected chi connectivity index (χ3v) is 1.46. The van der Waals surface area contributed by atoms with Crippen LogP contribution in [0, 0.1) is 7.05 Å². The molecule has 0 fully saturated rings. The fourth-order valence-corrected chi connectivity index (χ4v) is 0.770. The Morgan fingerprint density at radius 2 is 2.23 bits per heavy atom. The lowest BCUT2D eigenvalue weighted by Crippen LogP contribution is -2.35. The highest BCUT2D eigenvalue weighted by atomic mass is 16.3. The fourth-order valence-electron chi connectivity index (χ4n) is 0.770. The molecular formula is C7H14N4O2. The van der Waals surface area contributed by atoms with Gasteiger partial charge < -0.3 is 21.9 Å². The molecule has 0 aliphatic carbocycles. The number of nitrogens with zero attached hydrogens (tertiary/aromatic N) is 1. The predicted octanol–water partition coefficient (Wildman–Crippen LogP) is -2.16. The van der Waals surface area contributed by atoms with Crippen LogP contribution in [0.3, 0.4) is 0 Å². The number of ketones is 1. The summed E-state index contributed by atoms with van der Waals surface area (Å²) in [5.41, 5.74) is 10.1. The summed E-state index contributed by atoms with van der Waals surface area (Å²) in [5, 5.41) is 10.8. The van der Waals surface area contributed by atoms with E-state index in [0.29, 0.717) is 13.0 Å². The van der Waals surface area contributed by atoms with Crippen molar-refractivity contribution < 1.29 is 9.90 Å². The fraction of sp³-hybridized carbons (Fsp3) is 0.571. The number of aliphatic hydroxyl groups is 1. The lowest BCUT2D eigenvalue weighted by Gasteiger charge is -2.11. The zero-order chi connectivity index (χ0) is 10.3. The summed E-state index contributed by atoms with van der Waals surface area (Å²) < 4.78 is 0. The number of guanidine groups is 1. The van der Waals surface area contributed by atoms with Crippen LogP contribution in [0.4, 0.5) is 0 Å². The summed E-state index contributed by atoms with van der Waals surface area (Å²) in [6.45, 7) is -0.250. The van der Waals surface area contributed by atoms with Crippen molar-refractivity contribution in [2.45, 2.75) is 12.5 Å². The van der Waals surface area contributed by atoms with Gasteiger partial charge >= 0.3 is 0 Å². The van der Waals surface area contributed by atoms with Gasteiger partial charge in [-0.05, 0) is 6.42 Å². The maximum absolute atomic E-state index is 10.9. The number of nitrogens with one attached hydrogen (secondary N) is 1. The molecule has 0 aromatic carbocycles. The summed E-state index contributed by atoms with van der Waals surface area (Å²) in [4.78, 5) is 14.6. The van der Waals surface area contributed by atoms with Crippen LogP contribution < -0.4 is 16.8 Å². The van der Waals surface area contributed by atoms with Crippen molar-refractivity contribution in [3.63, 3.8) is 0 Å². The molecule has 0 spiro atoms. The summed E-state index contributed by atoms with van der Waals surface area (Å²) >= 11 is 0. The molecule has 0 aliphatic heterocycles. The van der Waals surface area contributed by atoms with Crippen LogP contribution in [0.15, 0.2) is 4.99 Å². The molecule has 1 atom stereocenters. The summed E-state index contributed by atoms with van der Waals surface area (Å²) in [6, 6.07) is -0.604. The van der Waals surface area contributed by atoms with E-state index in [1.54, 1.807) is 0 Å². The van der Waals surface area contributed by atoms with E-state index in [9.17, 15) is 4.79 Å². The van der Waals surface area contributed by atoms with E-state index >= 15 is 0 Å². The molecular weight excluding hydrogens is 172 g/mol. The molecule has 0 amide bonds. The first-order valence-corrected chi connectivity index (χ1v) is 3.77. The lowest BCUT2D eigenvalue weighted by molar-refractivity contribution is -0.123. The van der Waals surface area contributed by atoms with E-state index < -0.39 is 12.6 Å². The molecule has 0 saturated heterocycles. The Morgan fingerprint density at radius 3 is 2.62 bits per heavy atom. The smallest absolute Gasteiger partial charge is 0.185 e. The van der Waals surface area contributed by atoms with Crippen molar-refractivity contribution >= 4 is 11.7 Å². The van der Waals surface area contributed by atoms with Gasteiger partial charge in [0.2, 0.25) is 0 Å². The molecule has 6 heteroatoms. The molecule has 0 aromatic heterocycles. The highest BCUT2D eigenvalue weighted by Crippen LogP contribution is 1.93. The highest BCUT2D eigenvalue weighted by molar-refractivity contribution is 5.85. The number of nitrogens with two attached hydrogens (primary N) is 2. The van der Waals surface area contributed by atoms with Gasteiger partial charge in [0.1, 0.15) is 6.61 Å². The van der Waals surface area contributed by atoms with Gasteiger partial charge in [0.05, 0.1) is 6.04 Å². The number of hydrogen-bond donors (Lipinski definition) is 4. The van der Waals surface area contributed by atoms with Gasteiger partial charge in [-0.3, -0.25) is 9.79 Å². The van der Waals surface area contributed by atoms with Gasteiger partial charge in [-0.15, -0.1) is 0 Å². The first-order valence-electron chi connectivity index (χ1n) is 3.77. The number of carbonyl (C=O) groups excluding carboxylic acids is 1. The Kier molecular flexibility index (Phi) is 5.82. The first-order chi connectivity index (χ1) is 6.11. The molecule has 0 heterocycles. The minimum Gasteiger partial charge on any atom is -0.389 e. The van der Waals surface area contributed by atoms with Gasteiger partial charge in [0.25, 0.3) is 0 Å². The molecule has 0 aromatic rings. The van der Waals surface area contributed by atoms with Crippen LogP contribution >= 0.6 is 0 Å². The largest absolute Gasteiger partial charge is 0.389 e. The SMILES string of the molecule is [CH]NC(CCN=C(N)N)C(=O)CO. The van der Waals surface area contributed by atoms with Gasteiger partial charge in [-0.2, -0.15) is 0 Å². The second-order valence-electron chi connectivity index (χ2n) is 2.44. The van der Waals surface area contributed by atoms with Crippen molar-refractivity contribution in [3.8, 4) is 0 Å². The summed E-state index contributed by atoms with van der Waals surface area (Å²) in [6.07, 6.45) is 0.355. The Morgan fingerprint density at radius 1 is 1.62 bits per heavy atom. The highest BCUT2D eigenvalue weighted by Gasteiger charge is 2.13. The first kappa shape index (κ1) is 11.9. The number of carbonyl (C=O) groups is 1. The third kappa shape index (κ3) is 5.15. The average Bonchev–Trinajstić information content (AvgIpc) is 2.11. The molecule has 6 N–H and O–H groups in total. The van der Waals surface area contributed by atoms with Gasteiger partial charge in [0, 0.05) is 13.6 Å². The maximum Gasteiger partial charge on any atom is 0.185 e. The quantitative estimate of drug-likeness (QED) is 0.214. The zero-order valence-electron chi connectivity index (χ0n) is 7.23. The van der Waals surface area contributed by atoms with Crippen molar-refractivity contribution in [1.29, 1.82) is 0 Å². The monoisotopic (exact) mass is 186 g/mol. The van der Waals surface area contributed by atoms with E-state index in [-0.39, 0.29) is 11.7 Å². The summed E-state index contributed by atoms with van der Waals surface area (Å²) in [7, 11) is 5.07. The van der Waals surface area contributed by atoms with Gasteiger partial charge in [-0.25, -0.2) is 0 Å². The number of Topliss-reactive ketones (excluding diaryl/α,β-unsaturated/α-hetero) is 1. The summed E-state index contributed by atoms with van der Waals surface area (Å²) in [5.74, 6) is -0.416. The number of hydrogen-bond acceptors (Lipinski definition) is 4. The Labute approximate surface area is 77.0 Å². The van der Waals surface area contributed by atoms with Crippen LogP contribution in [0.5, 0.6) is 0 Å². The van der Waals surface area contributed by atoms with Crippen LogP contribution in [0.1, 0.15) is 6.42 Å². The molecule has 0 rings (SSSR count). The Balaban J connectivity index is 3.86. The maximum atomic E-state index is 10.9. The van der Waals surface area contributed by atoms with E-state index in [1.165, 1.54) is 0 Å². The Bertz CT molecular complexity index is 189. The molecule has 74 valence electrons. The van der Waals surface area contributed by atoms with Gasteiger partial charge in [0.15, 0.2) is 11.7 Å². The molecule has 6 nitrogen and oxygen atoms in total. The van der Waals surface area contributed by atoms with Crippen LogP contribution in [-0.4, -0.2) is 36.0 Å². The van der Waals surface area contributed by atoms with E-state index in [0.717, 1.165) is 0 Å². The minimum atomic E-state index is -0.604. The molecule has 1 unspecified atom stereocenters. The standard InChI is InChI=1S/C7H14N4O2/c1-10-5(6(13)4-12)2-3-11-7(8)9/h1,5,10,12H,2-4H2,(H4,8,9,11). The molecule has 0 bridgehead atoms. The average molecular weight is 186 g/mol. The second-order valence-corrected chi connectivity index (χ2v) is 2.44. The van der Waals surface area contributed by atoms with Crippen molar-refractivity contribution in [1.82, 2.24) is 5.32 Å². The van der Waals surface area contributed by atoms with Crippen molar-refractivity contribution in [2.24, 2.45) is 16.5 Å². The number of aliphatic imine (C=N–C) groups is 1. The van der Waals surface area contributed by atoms with Crippen LogP contribution in [0.2, 0.25) is 0 Å². The van der Waals surface area contributed by atoms with Crippen molar-refractivity contribution in [2.75, 3.05) is 13.2 Å². The second kappa shape index (κ2) is 6.38. The molecule has 0 aliphatic rings. The topological polar surface area (TPSA) is 114 Å². The van der Waals surface area contributed by atoms with Crippen molar-refractivity contribution in [3.05, 3.63) is 7.05 Å². The van der Waals surface area contributed by atoms with E-state index in [1.807, 2.05) is 0 Å². The Hall–Kier alpha value is -1.14. The normalized spacial score (nSPS) is 12.2. The third-order valence-electron chi connectivity index (χ3n) is 1.46. The van der Waals surface area contributed by atoms with E-state index in [4.69, 9.17) is 23.6 Å². The van der Waals surface area contributed by atoms with Crippen LogP contribution in [-0.2, 0) is 4.79 Å². The zero-order valence-corrected chi connectivity index (χ0v) is 7.23. The van der Waals surface area contributed by atoms with E-state index in [2.05, 4.69) is 10.3 Å². The molecule has 0 saturated carbocycles. The number of rotatable bonds is 6. The molecule has 13 heavy (non-hydrogen) atoms.